The second-order valence-corrected chi connectivity index (χ2v) is 6.15. The van der Waals surface area contributed by atoms with Crippen LogP contribution in [0.15, 0.2) is 24.3 Å². The molecular formula is C16H22ClFN2O2. The third-order valence-corrected chi connectivity index (χ3v) is 4.48. The molecule has 1 N–H and O–H groups in total. The Bertz CT molecular complexity index is 517. The summed E-state index contributed by atoms with van der Waals surface area (Å²) in [4.78, 5) is 14.6. The Morgan fingerprint density at radius 1 is 1.41 bits per heavy atom. The molecule has 2 fully saturated rings. The van der Waals surface area contributed by atoms with Gasteiger partial charge in [0.25, 0.3) is 0 Å². The van der Waals surface area contributed by atoms with E-state index >= 15 is 0 Å². The molecule has 0 bridgehead atoms. The molecule has 0 spiro atoms. The summed E-state index contributed by atoms with van der Waals surface area (Å²) in [5.74, 6) is -0.0602. The number of hydrogen-bond donors (Lipinski definition) is 1. The van der Waals surface area contributed by atoms with Crippen LogP contribution in [0.25, 0.3) is 0 Å². The lowest BCUT2D eigenvalue weighted by Crippen LogP contribution is -2.49. The molecule has 1 aromatic rings. The van der Waals surface area contributed by atoms with Crippen molar-refractivity contribution in [2.45, 2.75) is 19.4 Å². The Balaban J connectivity index is 0.00000176. The van der Waals surface area contributed by atoms with E-state index in [4.69, 9.17) is 4.74 Å². The summed E-state index contributed by atoms with van der Waals surface area (Å²) in [7, 11) is 0. The lowest BCUT2D eigenvalue weighted by atomic mass is 9.87. The van der Waals surface area contributed by atoms with E-state index in [-0.39, 0.29) is 35.7 Å². The van der Waals surface area contributed by atoms with E-state index in [1.165, 1.54) is 12.1 Å². The first-order chi connectivity index (χ1) is 10.1. The van der Waals surface area contributed by atoms with Crippen molar-refractivity contribution >= 4 is 18.3 Å². The van der Waals surface area contributed by atoms with Crippen LogP contribution in [0.5, 0.6) is 0 Å². The van der Waals surface area contributed by atoms with Gasteiger partial charge < -0.3 is 15.0 Å². The number of ether oxygens (including phenoxy) is 1. The van der Waals surface area contributed by atoms with E-state index in [1.807, 2.05) is 11.8 Å². The molecule has 3 rings (SSSR count). The molecule has 0 saturated carbocycles. The molecular weight excluding hydrogens is 307 g/mol. The second-order valence-electron chi connectivity index (χ2n) is 6.15. The Labute approximate surface area is 136 Å². The maximum Gasteiger partial charge on any atom is 0.230 e. The largest absolute Gasteiger partial charge is 0.370 e. The van der Waals surface area contributed by atoms with Crippen LogP contribution < -0.4 is 5.32 Å². The molecule has 2 unspecified atom stereocenters. The maximum atomic E-state index is 13.0. The predicted octanol–water partition coefficient (Wildman–Crippen LogP) is 2.15. The van der Waals surface area contributed by atoms with E-state index in [9.17, 15) is 9.18 Å². The summed E-state index contributed by atoms with van der Waals surface area (Å²) in [5.41, 5.74) is 0.619. The van der Waals surface area contributed by atoms with Crippen LogP contribution >= 0.6 is 12.4 Å². The van der Waals surface area contributed by atoms with Gasteiger partial charge in [0.05, 0.1) is 18.6 Å². The number of carbonyl (C=O) groups is 1. The third kappa shape index (κ3) is 3.42. The Kier molecular flexibility index (Phi) is 5.42. The zero-order valence-electron chi connectivity index (χ0n) is 12.7. The van der Waals surface area contributed by atoms with Gasteiger partial charge in [0.1, 0.15) is 11.9 Å². The average Bonchev–Trinajstić information content (AvgIpc) is 2.95. The van der Waals surface area contributed by atoms with Crippen LogP contribution in [-0.2, 0) is 9.53 Å². The summed E-state index contributed by atoms with van der Waals surface area (Å²) in [6.45, 7) is 5.36. The zero-order valence-corrected chi connectivity index (χ0v) is 13.5. The van der Waals surface area contributed by atoms with Crippen LogP contribution in [0.4, 0.5) is 4.39 Å². The molecule has 2 aliphatic rings. The maximum absolute atomic E-state index is 13.0. The van der Waals surface area contributed by atoms with Gasteiger partial charge in [0, 0.05) is 13.1 Å². The van der Waals surface area contributed by atoms with E-state index in [2.05, 4.69) is 5.32 Å². The molecule has 1 amide bonds. The summed E-state index contributed by atoms with van der Waals surface area (Å²) < 4.78 is 18.7. The summed E-state index contributed by atoms with van der Waals surface area (Å²) in [5, 5.41) is 3.26. The molecule has 0 aliphatic carbocycles. The minimum Gasteiger partial charge on any atom is -0.370 e. The fraction of sp³-hybridized carbons (Fsp3) is 0.562. The highest BCUT2D eigenvalue weighted by atomic mass is 35.5. The second kappa shape index (κ2) is 6.94. The fourth-order valence-electron chi connectivity index (χ4n) is 3.09. The molecule has 1 aromatic carbocycles. The number of carbonyl (C=O) groups excluding carboxylic acids is 1. The topological polar surface area (TPSA) is 41.6 Å². The summed E-state index contributed by atoms with van der Waals surface area (Å²) in [6.07, 6.45) is 0.714. The standard InChI is InChI=1S/C16H21FN2O2.ClH/c1-16(6-7-18-11-16)15(20)19-8-9-21-14(10-19)12-2-4-13(17)5-3-12;/h2-5,14,18H,6-11H2,1H3;1H. The Morgan fingerprint density at radius 3 is 2.77 bits per heavy atom. The molecule has 0 aromatic heterocycles. The third-order valence-electron chi connectivity index (χ3n) is 4.48. The Hall–Kier alpha value is -1.17. The van der Waals surface area contributed by atoms with Crippen molar-refractivity contribution in [1.29, 1.82) is 0 Å². The number of nitrogens with one attached hydrogen (secondary N) is 1. The highest BCUT2D eigenvalue weighted by molar-refractivity contribution is 5.85. The smallest absolute Gasteiger partial charge is 0.230 e. The first-order valence-electron chi connectivity index (χ1n) is 7.46. The average molecular weight is 329 g/mol. The van der Waals surface area contributed by atoms with Crippen LogP contribution in [0.1, 0.15) is 25.0 Å². The van der Waals surface area contributed by atoms with E-state index < -0.39 is 0 Å². The van der Waals surface area contributed by atoms with Gasteiger partial charge in [0.2, 0.25) is 5.91 Å². The minimum atomic E-state index is -0.301. The lowest BCUT2D eigenvalue weighted by Gasteiger charge is -2.37. The van der Waals surface area contributed by atoms with E-state index in [0.29, 0.717) is 19.7 Å². The number of benzene rings is 1. The van der Waals surface area contributed by atoms with Gasteiger partial charge in [-0.05, 0) is 37.6 Å². The van der Waals surface area contributed by atoms with Crippen molar-refractivity contribution in [2.24, 2.45) is 5.41 Å². The summed E-state index contributed by atoms with van der Waals surface area (Å²) in [6, 6.07) is 6.32. The lowest BCUT2D eigenvalue weighted by molar-refractivity contribution is -0.148. The number of amides is 1. The molecule has 2 atom stereocenters. The SMILES string of the molecule is CC1(C(=O)N2CCOC(c3ccc(F)cc3)C2)CCNC1.Cl. The molecule has 4 nitrogen and oxygen atoms in total. The highest BCUT2D eigenvalue weighted by Crippen LogP contribution is 2.30. The number of morpholine rings is 1. The van der Waals surface area contributed by atoms with Crippen molar-refractivity contribution in [3.05, 3.63) is 35.6 Å². The van der Waals surface area contributed by atoms with Gasteiger partial charge in [-0.15, -0.1) is 12.4 Å². The van der Waals surface area contributed by atoms with Crippen LogP contribution in [0, 0.1) is 11.2 Å². The van der Waals surface area contributed by atoms with Crippen LogP contribution in [-0.4, -0.2) is 43.6 Å². The van der Waals surface area contributed by atoms with Crippen molar-refractivity contribution in [2.75, 3.05) is 32.8 Å². The van der Waals surface area contributed by atoms with E-state index in [1.54, 1.807) is 12.1 Å². The normalized spacial score (nSPS) is 28.3. The first kappa shape index (κ1) is 17.2. The number of halogens is 2. The highest BCUT2D eigenvalue weighted by Gasteiger charge is 2.40. The number of nitrogens with zero attached hydrogens (tertiary/aromatic N) is 1. The molecule has 6 heteroatoms. The van der Waals surface area contributed by atoms with E-state index in [0.717, 1.165) is 25.1 Å². The number of rotatable bonds is 2. The summed E-state index contributed by atoms with van der Waals surface area (Å²) >= 11 is 0. The first-order valence-corrected chi connectivity index (χ1v) is 7.46. The molecule has 22 heavy (non-hydrogen) atoms. The molecule has 2 heterocycles. The zero-order chi connectivity index (χ0) is 14.9. The van der Waals surface area contributed by atoms with Gasteiger partial charge in [-0.1, -0.05) is 12.1 Å². The van der Waals surface area contributed by atoms with Gasteiger partial charge in [-0.3, -0.25) is 4.79 Å². The van der Waals surface area contributed by atoms with Gasteiger partial charge in [-0.2, -0.15) is 0 Å². The molecule has 2 aliphatic heterocycles. The number of hydrogen-bond acceptors (Lipinski definition) is 3. The minimum absolute atomic E-state index is 0. The monoisotopic (exact) mass is 328 g/mol. The van der Waals surface area contributed by atoms with Crippen LogP contribution in [0.3, 0.4) is 0 Å². The van der Waals surface area contributed by atoms with Gasteiger partial charge in [0.15, 0.2) is 0 Å². The van der Waals surface area contributed by atoms with Crippen molar-refractivity contribution in [3.8, 4) is 0 Å². The predicted molar refractivity (Wildman–Crippen MR) is 84.5 cm³/mol. The van der Waals surface area contributed by atoms with Crippen molar-refractivity contribution in [3.63, 3.8) is 0 Å². The van der Waals surface area contributed by atoms with Crippen molar-refractivity contribution < 1.29 is 13.9 Å². The molecule has 122 valence electrons. The Morgan fingerprint density at radius 2 is 2.14 bits per heavy atom. The van der Waals surface area contributed by atoms with Gasteiger partial charge in [-0.25, -0.2) is 4.39 Å². The van der Waals surface area contributed by atoms with Crippen LogP contribution in [0.2, 0.25) is 0 Å². The molecule has 2 saturated heterocycles. The fourth-order valence-corrected chi connectivity index (χ4v) is 3.09. The quantitative estimate of drug-likeness (QED) is 0.904. The van der Waals surface area contributed by atoms with Gasteiger partial charge >= 0.3 is 0 Å². The van der Waals surface area contributed by atoms with Crippen molar-refractivity contribution in [1.82, 2.24) is 10.2 Å². The molecule has 0 radical (unpaired) electrons.